The first kappa shape index (κ1) is 24.8. The van der Waals surface area contributed by atoms with Crippen molar-refractivity contribution in [1.29, 1.82) is 0 Å². The van der Waals surface area contributed by atoms with E-state index in [9.17, 15) is 0 Å². The second kappa shape index (κ2) is 19.6. The van der Waals surface area contributed by atoms with Crippen LogP contribution in [0.4, 0.5) is 0 Å². The molecule has 1 nitrogen and oxygen atoms in total. The Balaban J connectivity index is 0. The van der Waals surface area contributed by atoms with E-state index in [4.69, 9.17) is 0 Å². The molecule has 2 fully saturated rings. The summed E-state index contributed by atoms with van der Waals surface area (Å²) >= 11 is 1.18. The summed E-state index contributed by atoms with van der Waals surface area (Å²) in [4.78, 5) is 0. The van der Waals surface area contributed by atoms with E-state index in [1.807, 2.05) is 0 Å². The SMILES string of the molecule is CC1CC[CH-]CC1.CC1CC[CH-]CC1.CCC(C)[N]=[Ta].[CH2-]C. The quantitative estimate of drug-likeness (QED) is 0.376. The fourth-order valence-corrected chi connectivity index (χ4v) is 2.86. The van der Waals surface area contributed by atoms with Crippen LogP contribution in [0.5, 0.6) is 0 Å². The van der Waals surface area contributed by atoms with Gasteiger partial charge in [-0.05, 0) is 11.8 Å². The zero-order chi connectivity index (χ0) is 17.2. The van der Waals surface area contributed by atoms with Crippen LogP contribution in [0.2, 0.25) is 0 Å². The molecule has 0 aliphatic heterocycles. The Morgan fingerprint density at radius 1 is 0.955 bits per heavy atom. The molecule has 1 unspecified atom stereocenters. The molecule has 133 valence electrons. The van der Waals surface area contributed by atoms with Gasteiger partial charge in [0.1, 0.15) is 0 Å². The molecule has 2 rings (SSSR count). The molecule has 0 saturated heterocycles. The van der Waals surface area contributed by atoms with Gasteiger partial charge in [-0.25, -0.2) is 0 Å². The zero-order valence-corrected chi connectivity index (χ0v) is 19.1. The molecule has 0 spiro atoms. The molecule has 0 N–H and O–H groups in total. The Morgan fingerprint density at radius 3 is 1.36 bits per heavy atom. The topological polar surface area (TPSA) is 12.4 Å². The average Bonchev–Trinajstić information content (AvgIpc) is 2.58. The molecular formula is C20H40NTa-3. The zero-order valence-electron chi connectivity index (χ0n) is 15.9. The van der Waals surface area contributed by atoms with Gasteiger partial charge in [0.05, 0.1) is 0 Å². The minimum Gasteiger partial charge on any atom is -0.346 e. The van der Waals surface area contributed by atoms with Crippen LogP contribution in [-0.2, 0) is 20.9 Å². The molecule has 2 saturated carbocycles. The van der Waals surface area contributed by atoms with Crippen LogP contribution in [0.15, 0.2) is 3.34 Å². The van der Waals surface area contributed by atoms with Gasteiger partial charge in [-0.15, -0.1) is 0 Å². The monoisotopic (exact) mass is 475 g/mol. The van der Waals surface area contributed by atoms with Crippen LogP contribution in [0.3, 0.4) is 0 Å². The van der Waals surface area contributed by atoms with Gasteiger partial charge in [-0.3, -0.25) is 0 Å². The molecule has 22 heavy (non-hydrogen) atoms. The van der Waals surface area contributed by atoms with E-state index < -0.39 is 0 Å². The fourth-order valence-electron chi connectivity index (χ4n) is 2.27. The third-order valence-corrected chi connectivity index (χ3v) is 5.66. The second-order valence-corrected chi connectivity index (χ2v) is 7.30. The number of nitrogens with zero attached hydrogens (tertiary/aromatic N) is 1. The molecule has 0 aromatic rings. The molecule has 0 bridgehead atoms. The number of hydrogen-bond donors (Lipinski definition) is 0. The Morgan fingerprint density at radius 2 is 1.27 bits per heavy atom. The largest absolute Gasteiger partial charge is 0.346 e. The summed E-state index contributed by atoms with van der Waals surface area (Å²) in [6.45, 7) is 14.0. The van der Waals surface area contributed by atoms with E-state index in [0.717, 1.165) is 11.8 Å². The normalized spacial score (nSPS) is 20.0. The summed E-state index contributed by atoms with van der Waals surface area (Å²) in [5.74, 6) is 2.01. The van der Waals surface area contributed by atoms with Crippen LogP contribution < -0.4 is 0 Å². The smallest absolute Gasteiger partial charge is 0.194 e. The molecule has 0 heterocycles. The van der Waals surface area contributed by atoms with E-state index in [0.29, 0.717) is 6.04 Å². The number of hydrogen-bond acceptors (Lipinski definition) is 1. The van der Waals surface area contributed by atoms with E-state index >= 15 is 0 Å². The Bertz CT molecular complexity index is 190. The molecule has 0 aromatic carbocycles. The summed E-state index contributed by atoms with van der Waals surface area (Å²) in [6, 6.07) is 0.610. The predicted octanol–water partition coefficient (Wildman–Crippen LogP) is 7.16. The molecule has 0 aromatic heterocycles. The summed E-state index contributed by atoms with van der Waals surface area (Å²) in [5.41, 5.74) is 0. The third kappa shape index (κ3) is 18.6. The van der Waals surface area contributed by atoms with Crippen molar-refractivity contribution in [3.8, 4) is 0 Å². The van der Waals surface area contributed by atoms with E-state index in [1.165, 1.54) is 78.7 Å². The van der Waals surface area contributed by atoms with E-state index in [-0.39, 0.29) is 0 Å². The minimum atomic E-state index is 0.610. The van der Waals surface area contributed by atoms with E-state index in [2.05, 4.69) is 50.8 Å². The van der Waals surface area contributed by atoms with Crippen LogP contribution >= 0.6 is 0 Å². The summed E-state index contributed by atoms with van der Waals surface area (Å²) in [5, 5.41) is 0. The van der Waals surface area contributed by atoms with Gasteiger partial charge >= 0.3 is 50.5 Å². The first-order chi connectivity index (χ1) is 10.6. The Kier molecular flexibility index (Phi) is 22.1. The van der Waals surface area contributed by atoms with Crippen molar-refractivity contribution in [3.05, 3.63) is 19.8 Å². The standard InChI is InChI=1S/2C7H13.C4H9N.C2H5.Ta/c2*1-7-5-3-2-4-6-7;1-3-4(2)5;1-2;/h2*2,7H,3-6H2,1H3;4H,3H2,1-2H3;1H2,2H3;/q2*-1;;-1;. The summed E-state index contributed by atoms with van der Waals surface area (Å²) in [7, 11) is 0. The van der Waals surface area contributed by atoms with Gasteiger partial charge in [-0.1, -0.05) is 39.5 Å². The second-order valence-electron chi connectivity index (χ2n) is 6.47. The summed E-state index contributed by atoms with van der Waals surface area (Å²) in [6.07, 6.45) is 17.2. The Labute approximate surface area is 154 Å². The molecule has 0 radical (unpaired) electrons. The number of rotatable bonds is 2. The van der Waals surface area contributed by atoms with E-state index in [1.54, 1.807) is 6.92 Å². The van der Waals surface area contributed by atoms with Gasteiger partial charge in [0, 0.05) is 0 Å². The van der Waals surface area contributed by atoms with Crippen LogP contribution in [0.1, 0.15) is 92.4 Å². The minimum absolute atomic E-state index is 0.610. The first-order valence-corrected chi connectivity index (χ1v) is 10.7. The van der Waals surface area contributed by atoms with Crippen molar-refractivity contribution in [3.63, 3.8) is 0 Å². The maximum Gasteiger partial charge on any atom is -0.194 e. The van der Waals surface area contributed by atoms with Crippen molar-refractivity contribution in [2.75, 3.05) is 0 Å². The molecule has 2 aliphatic rings. The maximum atomic E-state index is 4.12. The van der Waals surface area contributed by atoms with Gasteiger partial charge < -0.3 is 19.8 Å². The fraction of sp³-hybridized carbons (Fsp3) is 0.850. The Hall–Kier alpha value is 0.540. The molecule has 0 amide bonds. The maximum absolute atomic E-state index is 4.12. The third-order valence-electron chi connectivity index (χ3n) is 4.24. The summed E-state index contributed by atoms with van der Waals surface area (Å²) < 4.78 is 4.12. The molecule has 2 aliphatic carbocycles. The molecular weight excluding hydrogens is 435 g/mol. The molecule has 1 atom stereocenters. The van der Waals surface area contributed by atoms with Gasteiger partial charge in [0.25, 0.3) is 0 Å². The van der Waals surface area contributed by atoms with Crippen molar-refractivity contribution >= 4 is 0 Å². The average molecular weight is 475 g/mol. The van der Waals surface area contributed by atoms with Crippen LogP contribution in [0, 0.1) is 31.6 Å². The molecule has 2 heteroatoms. The first-order valence-electron chi connectivity index (χ1n) is 9.28. The van der Waals surface area contributed by atoms with Gasteiger partial charge in [0.2, 0.25) is 0 Å². The van der Waals surface area contributed by atoms with Crippen LogP contribution in [-0.4, -0.2) is 6.04 Å². The van der Waals surface area contributed by atoms with Crippen molar-refractivity contribution < 1.29 is 20.9 Å². The van der Waals surface area contributed by atoms with Crippen LogP contribution in [0.25, 0.3) is 0 Å². The van der Waals surface area contributed by atoms with Crippen molar-refractivity contribution in [1.82, 2.24) is 0 Å². The predicted molar refractivity (Wildman–Crippen MR) is 97.1 cm³/mol. The van der Waals surface area contributed by atoms with Gasteiger partial charge in [-0.2, -0.15) is 32.6 Å². The van der Waals surface area contributed by atoms with Crippen molar-refractivity contribution in [2.45, 2.75) is 98.4 Å². The van der Waals surface area contributed by atoms with Crippen molar-refractivity contribution in [2.24, 2.45) is 15.2 Å². The van der Waals surface area contributed by atoms with Gasteiger partial charge in [0.15, 0.2) is 0 Å².